The number of amides is 1. The van der Waals surface area contributed by atoms with Crippen LogP contribution in [0.4, 0.5) is 13.2 Å². The highest BCUT2D eigenvalue weighted by molar-refractivity contribution is 5.94. The van der Waals surface area contributed by atoms with Crippen LogP contribution in [0.15, 0.2) is 24.3 Å². The Morgan fingerprint density at radius 3 is 2.18 bits per heavy atom. The van der Waals surface area contributed by atoms with Crippen LogP contribution in [0.25, 0.3) is 0 Å². The van der Waals surface area contributed by atoms with Gasteiger partial charge < -0.3 is 10.2 Å². The van der Waals surface area contributed by atoms with Gasteiger partial charge in [0.15, 0.2) is 0 Å². The van der Waals surface area contributed by atoms with Crippen LogP contribution in [0.2, 0.25) is 0 Å². The van der Waals surface area contributed by atoms with Gasteiger partial charge in [-0.15, -0.1) is 0 Å². The van der Waals surface area contributed by atoms with Gasteiger partial charge in [-0.05, 0) is 37.0 Å². The lowest BCUT2D eigenvalue weighted by molar-refractivity contribution is -0.160. The Bertz CT molecular complexity index is 668. The number of rotatable bonds is 7. The molecule has 2 rings (SSSR count). The van der Waals surface area contributed by atoms with E-state index in [1.807, 2.05) is 13.8 Å². The SMILES string of the molecule is CC(=O)[C@H](CC(C)C)NC(c1ccc(C(=O)N2CCNCC2)cc1)C(F)(F)F. The zero-order chi connectivity index (χ0) is 20.9. The van der Waals surface area contributed by atoms with E-state index in [2.05, 4.69) is 10.6 Å². The number of nitrogens with one attached hydrogen (secondary N) is 2. The Labute approximate surface area is 163 Å². The molecular formula is C20H28F3N3O2. The monoisotopic (exact) mass is 399 g/mol. The van der Waals surface area contributed by atoms with Crippen LogP contribution in [-0.4, -0.2) is 55.0 Å². The van der Waals surface area contributed by atoms with Gasteiger partial charge in [-0.3, -0.25) is 14.9 Å². The Kier molecular flexibility index (Phi) is 7.60. The third kappa shape index (κ3) is 6.04. The molecule has 2 atom stereocenters. The molecule has 1 saturated heterocycles. The molecule has 1 heterocycles. The van der Waals surface area contributed by atoms with Gasteiger partial charge in [-0.1, -0.05) is 26.0 Å². The summed E-state index contributed by atoms with van der Waals surface area (Å²) in [5.74, 6) is -0.436. The third-order valence-electron chi connectivity index (χ3n) is 4.79. The Hall–Kier alpha value is -1.93. The highest BCUT2D eigenvalue weighted by Crippen LogP contribution is 2.34. The summed E-state index contributed by atoms with van der Waals surface area (Å²) in [6.07, 6.45) is -4.24. The number of carbonyl (C=O) groups excluding carboxylic acids is 2. The molecule has 0 saturated carbocycles. The van der Waals surface area contributed by atoms with E-state index in [1.54, 1.807) is 4.90 Å². The lowest BCUT2D eigenvalue weighted by Crippen LogP contribution is -2.46. The topological polar surface area (TPSA) is 61.4 Å². The highest BCUT2D eigenvalue weighted by Gasteiger charge is 2.42. The van der Waals surface area contributed by atoms with Gasteiger partial charge in [0.05, 0.1) is 6.04 Å². The van der Waals surface area contributed by atoms with Crippen LogP contribution in [0.1, 0.15) is 49.2 Å². The zero-order valence-electron chi connectivity index (χ0n) is 16.5. The molecule has 1 aromatic carbocycles. The lowest BCUT2D eigenvalue weighted by Gasteiger charge is -2.29. The van der Waals surface area contributed by atoms with Crippen molar-refractivity contribution in [2.45, 2.75) is 45.5 Å². The van der Waals surface area contributed by atoms with Gasteiger partial charge in [0.25, 0.3) is 5.91 Å². The minimum Gasteiger partial charge on any atom is -0.336 e. The van der Waals surface area contributed by atoms with Gasteiger partial charge in [0, 0.05) is 31.7 Å². The first-order valence-corrected chi connectivity index (χ1v) is 9.52. The number of ketones is 1. The second kappa shape index (κ2) is 9.52. The smallest absolute Gasteiger partial charge is 0.336 e. The first kappa shape index (κ1) is 22.4. The summed E-state index contributed by atoms with van der Waals surface area (Å²) < 4.78 is 41.0. The van der Waals surface area contributed by atoms with E-state index in [9.17, 15) is 22.8 Å². The third-order valence-corrected chi connectivity index (χ3v) is 4.79. The molecule has 156 valence electrons. The minimum atomic E-state index is -4.56. The van der Waals surface area contributed by atoms with Gasteiger partial charge in [0.2, 0.25) is 0 Å². The van der Waals surface area contributed by atoms with Crippen molar-refractivity contribution < 1.29 is 22.8 Å². The van der Waals surface area contributed by atoms with Crippen molar-refractivity contribution >= 4 is 11.7 Å². The molecule has 1 aliphatic rings. The molecular weight excluding hydrogens is 371 g/mol. The van der Waals surface area contributed by atoms with Gasteiger partial charge in [-0.2, -0.15) is 13.2 Å². The molecule has 1 aromatic rings. The van der Waals surface area contributed by atoms with Crippen molar-refractivity contribution in [3.8, 4) is 0 Å². The molecule has 0 radical (unpaired) electrons. The molecule has 0 spiro atoms. The number of carbonyl (C=O) groups is 2. The normalized spacial score (nSPS) is 17.5. The second-order valence-corrected chi connectivity index (χ2v) is 7.60. The number of hydrogen-bond acceptors (Lipinski definition) is 4. The number of halogens is 3. The maximum absolute atomic E-state index is 13.7. The van der Waals surface area contributed by atoms with E-state index in [-0.39, 0.29) is 23.2 Å². The fraction of sp³-hybridized carbons (Fsp3) is 0.600. The first-order chi connectivity index (χ1) is 13.1. The van der Waals surface area contributed by atoms with Gasteiger partial charge in [0.1, 0.15) is 11.8 Å². The first-order valence-electron chi connectivity index (χ1n) is 9.52. The van der Waals surface area contributed by atoms with E-state index < -0.39 is 18.3 Å². The Morgan fingerprint density at radius 1 is 1.14 bits per heavy atom. The summed E-state index contributed by atoms with van der Waals surface area (Å²) in [5, 5.41) is 5.62. The molecule has 0 aliphatic carbocycles. The van der Waals surface area contributed by atoms with Crippen LogP contribution in [0, 0.1) is 5.92 Å². The predicted molar refractivity (Wildman–Crippen MR) is 101 cm³/mol. The summed E-state index contributed by atoms with van der Waals surface area (Å²) in [6.45, 7) is 7.56. The maximum Gasteiger partial charge on any atom is 0.407 e. The Balaban J connectivity index is 2.19. The fourth-order valence-corrected chi connectivity index (χ4v) is 3.27. The Morgan fingerprint density at radius 2 is 1.71 bits per heavy atom. The van der Waals surface area contributed by atoms with E-state index >= 15 is 0 Å². The molecule has 2 N–H and O–H groups in total. The molecule has 5 nitrogen and oxygen atoms in total. The quantitative estimate of drug-likeness (QED) is 0.740. The summed E-state index contributed by atoms with van der Waals surface area (Å²) >= 11 is 0. The number of nitrogens with zero attached hydrogens (tertiary/aromatic N) is 1. The summed E-state index contributed by atoms with van der Waals surface area (Å²) in [4.78, 5) is 26.0. The average molecular weight is 399 g/mol. The molecule has 28 heavy (non-hydrogen) atoms. The zero-order valence-corrected chi connectivity index (χ0v) is 16.5. The van der Waals surface area contributed by atoms with Crippen LogP contribution >= 0.6 is 0 Å². The highest BCUT2D eigenvalue weighted by atomic mass is 19.4. The maximum atomic E-state index is 13.7. The van der Waals surface area contributed by atoms with E-state index in [0.717, 1.165) is 0 Å². The van der Waals surface area contributed by atoms with Crippen LogP contribution in [0.5, 0.6) is 0 Å². The number of piperazine rings is 1. The van der Waals surface area contributed by atoms with Crippen LogP contribution < -0.4 is 10.6 Å². The van der Waals surface area contributed by atoms with Gasteiger partial charge in [-0.25, -0.2) is 0 Å². The molecule has 0 aromatic heterocycles. The van der Waals surface area contributed by atoms with E-state index in [1.165, 1.54) is 31.2 Å². The van der Waals surface area contributed by atoms with Crippen LogP contribution in [0.3, 0.4) is 0 Å². The number of Topliss-reactive ketones (excluding diaryl/α,β-unsaturated/α-hetero) is 1. The summed E-state index contributed by atoms with van der Waals surface area (Å²) in [7, 11) is 0. The summed E-state index contributed by atoms with van der Waals surface area (Å²) in [5.41, 5.74) is 0.344. The lowest BCUT2D eigenvalue weighted by atomic mass is 9.97. The van der Waals surface area contributed by atoms with Crippen molar-refractivity contribution in [3.05, 3.63) is 35.4 Å². The second-order valence-electron chi connectivity index (χ2n) is 7.60. The van der Waals surface area contributed by atoms with E-state index in [0.29, 0.717) is 38.2 Å². The van der Waals surface area contributed by atoms with Gasteiger partial charge >= 0.3 is 6.18 Å². The standard InChI is InChI=1S/C20H28F3N3O2/c1-13(2)12-17(14(3)27)25-18(20(21,22)23)15-4-6-16(7-5-15)19(28)26-10-8-24-9-11-26/h4-7,13,17-18,24-25H,8-12H2,1-3H3/t17-,18?/m0/s1. The molecule has 0 bridgehead atoms. The van der Waals surface area contributed by atoms with Crippen LogP contribution in [-0.2, 0) is 4.79 Å². The number of hydrogen-bond donors (Lipinski definition) is 2. The molecule has 1 aliphatic heterocycles. The minimum absolute atomic E-state index is 0.0145. The van der Waals surface area contributed by atoms with Crippen molar-refractivity contribution in [2.24, 2.45) is 5.92 Å². The molecule has 8 heteroatoms. The van der Waals surface area contributed by atoms with Crippen molar-refractivity contribution in [1.82, 2.24) is 15.5 Å². The number of benzene rings is 1. The molecule has 1 unspecified atom stereocenters. The largest absolute Gasteiger partial charge is 0.407 e. The van der Waals surface area contributed by atoms with Crippen molar-refractivity contribution in [2.75, 3.05) is 26.2 Å². The summed E-state index contributed by atoms with van der Waals surface area (Å²) in [6, 6.07) is 2.62. The molecule has 1 fully saturated rings. The average Bonchev–Trinajstić information content (AvgIpc) is 2.64. The van der Waals surface area contributed by atoms with E-state index in [4.69, 9.17) is 0 Å². The fourth-order valence-electron chi connectivity index (χ4n) is 3.27. The molecule has 1 amide bonds. The van der Waals surface area contributed by atoms with Crippen molar-refractivity contribution in [3.63, 3.8) is 0 Å². The van der Waals surface area contributed by atoms with Crippen molar-refractivity contribution in [1.29, 1.82) is 0 Å². The number of alkyl halides is 3. The predicted octanol–water partition coefficient (Wildman–Crippen LogP) is 2.93.